The van der Waals surface area contributed by atoms with Gasteiger partial charge in [0.1, 0.15) is 12.0 Å². The number of hydrogen-bond donors (Lipinski definition) is 2. The van der Waals surface area contributed by atoms with Crippen LogP contribution in [-0.2, 0) is 0 Å². The van der Waals surface area contributed by atoms with Gasteiger partial charge < -0.3 is 11.1 Å². The van der Waals surface area contributed by atoms with Crippen molar-refractivity contribution in [3.8, 4) is 5.82 Å². The largest absolute Gasteiger partial charge is 0.393 e. The monoisotopic (exact) mass is 308 g/mol. The molecule has 0 aliphatic heterocycles. The average Bonchev–Trinajstić information content (AvgIpc) is 2.84. The zero-order valence-electron chi connectivity index (χ0n) is 13.8. The molecule has 1 aromatic carbocycles. The van der Waals surface area contributed by atoms with E-state index in [1.54, 1.807) is 4.68 Å². The van der Waals surface area contributed by atoms with Gasteiger partial charge in [-0.15, -0.1) is 0 Å². The second-order valence-corrected chi connectivity index (χ2v) is 5.67. The molecule has 118 valence electrons. The third-order valence-electron chi connectivity index (χ3n) is 3.93. The molecule has 3 aromatic rings. The molecule has 23 heavy (non-hydrogen) atoms. The highest BCUT2D eigenvalue weighted by atomic mass is 15.3. The van der Waals surface area contributed by atoms with Crippen molar-refractivity contribution in [3.05, 3.63) is 53.1 Å². The number of nitrogen functional groups attached to an aromatic ring is 1. The van der Waals surface area contributed by atoms with E-state index in [0.29, 0.717) is 17.3 Å². The van der Waals surface area contributed by atoms with Gasteiger partial charge in [-0.1, -0.05) is 12.1 Å². The summed E-state index contributed by atoms with van der Waals surface area (Å²) in [7, 11) is 0. The number of rotatable bonds is 3. The van der Waals surface area contributed by atoms with Crippen LogP contribution in [0.5, 0.6) is 0 Å². The minimum atomic E-state index is 0.472. The Morgan fingerprint density at radius 1 is 1.09 bits per heavy atom. The first-order valence-electron chi connectivity index (χ1n) is 7.44. The molecule has 2 heterocycles. The number of nitrogens with zero attached hydrogens (tertiary/aromatic N) is 4. The van der Waals surface area contributed by atoms with Gasteiger partial charge >= 0.3 is 0 Å². The summed E-state index contributed by atoms with van der Waals surface area (Å²) in [4.78, 5) is 8.57. The molecule has 2 aromatic heterocycles. The number of benzene rings is 1. The molecule has 0 spiro atoms. The van der Waals surface area contributed by atoms with Gasteiger partial charge in [-0.2, -0.15) is 5.10 Å². The van der Waals surface area contributed by atoms with Gasteiger partial charge in [-0.3, -0.25) is 0 Å². The van der Waals surface area contributed by atoms with Crippen LogP contribution in [0.2, 0.25) is 0 Å². The van der Waals surface area contributed by atoms with Gasteiger partial charge in [0.15, 0.2) is 11.6 Å². The number of aryl methyl sites for hydroxylation is 3. The summed E-state index contributed by atoms with van der Waals surface area (Å²) < 4.78 is 1.74. The minimum Gasteiger partial charge on any atom is -0.393 e. The predicted molar refractivity (Wildman–Crippen MR) is 92.2 cm³/mol. The zero-order valence-corrected chi connectivity index (χ0v) is 13.8. The van der Waals surface area contributed by atoms with E-state index >= 15 is 0 Å². The predicted octanol–water partition coefficient (Wildman–Crippen LogP) is 3.22. The van der Waals surface area contributed by atoms with Crippen LogP contribution in [0.3, 0.4) is 0 Å². The zero-order chi connectivity index (χ0) is 16.6. The highest BCUT2D eigenvalue weighted by Crippen LogP contribution is 2.28. The van der Waals surface area contributed by atoms with Crippen molar-refractivity contribution in [1.29, 1.82) is 0 Å². The van der Waals surface area contributed by atoms with Gasteiger partial charge in [-0.25, -0.2) is 14.6 Å². The molecule has 0 aliphatic carbocycles. The molecule has 0 amide bonds. The van der Waals surface area contributed by atoms with Crippen LogP contribution in [0.4, 0.5) is 17.2 Å². The van der Waals surface area contributed by atoms with Crippen LogP contribution in [0.25, 0.3) is 5.82 Å². The molecule has 0 saturated heterocycles. The van der Waals surface area contributed by atoms with E-state index in [2.05, 4.69) is 40.3 Å². The van der Waals surface area contributed by atoms with E-state index < -0.39 is 0 Å². The lowest BCUT2D eigenvalue weighted by atomic mass is 10.1. The molecule has 0 fully saturated rings. The lowest BCUT2D eigenvalue weighted by Gasteiger charge is -2.14. The molecule has 3 rings (SSSR count). The van der Waals surface area contributed by atoms with Gasteiger partial charge in [0, 0.05) is 11.4 Å². The third kappa shape index (κ3) is 2.75. The van der Waals surface area contributed by atoms with E-state index in [1.807, 2.05) is 32.0 Å². The smallest absolute Gasteiger partial charge is 0.182 e. The quantitative estimate of drug-likeness (QED) is 0.776. The Bertz CT molecular complexity index is 866. The van der Waals surface area contributed by atoms with E-state index in [-0.39, 0.29) is 0 Å². The topological polar surface area (TPSA) is 81.7 Å². The minimum absolute atomic E-state index is 0.472. The van der Waals surface area contributed by atoms with Crippen LogP contribution in [-0.4, -0.2) is 19.7 Å². The summed E-state index contributed by atoms with van der Waals surface area (Å²) in [6.07, 6.45) is 1.50. The van der Waals surface area contributed by atoms with Crippen LogP contribution in [0.15, 0.2) is 30.6 Å². The second kappa shape index (κ2) is 5.72. The Balaban J connectivity index is 2.03. The van der Waals surface area contributed by atoms with Gasteiger partial charge in [-0.05, 0) is 51.0 Å². The molecule has 3 N–H and O–H groups in total. The number of anilines is 3. The van der Waals surface area contributed by atoms with Crippen LogP contribution < -0.4 is 11.1 Å². The standard InChI is InChI=1S/C17H20N6/c1-10-6-5-7-14(13(10)4)21-16-15(18)17(20-9-19-16)23-12(3)8-11(2)22-23/h5-9H,18H2,1-4H3,(H,19,20,21). The maximum atomic E-state index is 6.28. The van der Waals surface area contributed by atoms with Crippen molar-refractivity contribution >= 4 is 17.2 Å². The Morgan fingerprint density at radius 2 is 1.87 bits per heavy atom. The van der Waals surface area contributed by atoms with E-state index in [1.165, 1.54) is 11.9 Å². The molecule has 0 radical (unpaired) electrons. The lowest BCUT2D eigenvalue weighted by Crippen LogP contribution is -2.10. The first-order chi connectivity index (χ1) is 11.0. The highest BCUT2D eigenvalue weighted by Gasteiger charge is 2.14. The number of hydrogen-bond acceptors (Lipinski definition) is 5. The lowest BCUT2D eigenvalue weighted by molar-refractivity contribution is 0.804. The summed E-state index contributed by atoms with van der Waals surface area (Å²) >= 11 is 0. The fraction of sp³-hybridized carbons (Fsp3) is 0.235. The molecular weight excluding hydrogens is 288 g/mol. The van der Waals surface area contributed by atoms with Crippen molar-refractivity contribution in [3.63, 3.8) is 0 Å². The van der Waals surface area contributed by atoms with Gasteiger partial charge in [0.05, 0.1) is 5.69 Å². The summed E-state index contributed by atoms with van der Waals surface area (Å²) in [5, 5.41) is 7.74. The van der Waals surface area contributed by atoms with Gasteiger partial charge in [0.25, 0.3) is 0 Å². The van der Waals surface area contributed by atoms with Crippen LogP contribution in [0.1, 0.15) is 22.5 Å². The number of aromatic nitrogens is 4. The Morgan fingerprint density at radius 3 is 2.57 bits per heavy atom. The first-order valence-corrected chi connectivity index (χ1v) is 7.44. The maximum Gasteiger partial charge on any atom is 0.182 e. The van der Waals surface area contributed by atoms with E-state index in [0.717, 1.165) is 22.6 Å². The molecule has 0 bridgehead atoms. The van der Waals surface area contributed by atoms with E-state index in [4.69, 9.17) is 5.73 Å². The summed E-state index contributed by atoms with van der Waals surface area (Å²) in [5.41, 5.74) is 12.0. The van der Waals surface area contributed by atoms with Crippen molar-refractivity contribution in [2.75, 3.05) is 11.1 Å². The molecule has 0 atom stereocenters. The average molecular weight is 308 g/mol. The Labute approximate surface area is 135 Å². The Hall–Kier alpha value is -2.89. The first kappa shape index (κ1) is 15.0. The van der Waals surface area contributed by atoms with Crippen LogP contribution >= 0.6 is 0 Å². The normalized spacial score (nSPS) is 10.8. The maximum absolute atomic E-state index is 6.28. The molecule has 6 nitrogen and oxygen atoms in total. The fourth-order valence-corrected chi connectivity index (χ4v) is 2.51. The Kier molecular flexibility index (Phi) is 3.73. The summed E-state index contributed by atoms with van der Waals surface area (Å²) in [6.45, 7) is 8.05. The highest BCUT2D eigenvalue weighted by molar-refractivity contribution is 5.75. The number of nitrogens with two attached hydrogens (primary N) is 1. The molecular formula is C17H20N6. The SMILES string of the molecule is Cc1cc(C)n(-c2ncnc(Nc3cccc(C)c3C)c2N)n1. The summed E-state index contributed by atoms with van der Waals surface area (Å²) in [5.74, 6) is 1.16. The van der Waals surface area contributed by atoms with Crippen LogP contribution in [0, 0.1) is 27.7 Å². The molecule has 0 aliphatic rings. The molecule has 6 heteroatoms. The molecule has 0 unspecified atom stereocenters. The van der Waals surface area contributed by atoms with E-state index in [9.17, 15) is 0 Å². The fourth-order valence-electron chi connectivity index (χ4n) is 2.51. The van der Waals surface area contributed by atoms with Crippen molar-refractivity contribution in [2.45, 2.75) is 27.7 Å². The third-order valence-corrected chi connectivity index (χ3v) is 3.93. The van der Waals surface area contributed by atoms with Gasteiger partial charge in [0.2, 0.25) is 0 Å². The van der Waals surface area contributed by atoms with Crippen molar-refractivity contribution in [1.82, 2.24) is 19.7 Å². The van der Waals surface area contributed by atoms with Crippen molar-refractivity contribution < 1.29 is 0 Å². The molecule has 0 saturated carbocycles. The second-order valence-electron chi connectivity index (χ2n) is 5.67. The van der Waals surface area contributed by atoms with Crippen molar-refractivity contribution in [2.24, 2.45) is 0 Å². The summed E-state index contributed by atoms with van der Waals surface area (Å²) in [6, 6.07) is 8.07. The number of nitrogens with one attached hydrogen (secondary N) is 1.